The van der Waals surface area contributed by atoms with E-state index in [9.17, 15) is 14.7 Å². The van der Waals surface area contributed by atoms with Crippen molar-refractivity contribution in [2.75, 3.05) is 7.05 Å². The summed E-state index contributed by atoms with van der Waals surface area (Å²) in [6, 6.07) is 7.50. The summed E-state index contributed by atoms with van der Waals surface area (Å²) in [5.41, 5.74) is 0.140. The van der Waals surface area contributed by atoms with Gasteiger partial charge in [0.05, 0.1) is 11.9 Å². The minimum absolute atomic E-state index is 0.0155. The smallest absolute Gasteiger partial charge is 0.234 e. The molecule has 1 aromatic rings. The van der Waals surface area contributed by atoms with Crippen LogP contribution in [0.15, 0.2) is 24.3 Å². The fraction of sp³-hybridized carbons (Fsp3) is 0.529. The number of likely N-dealkylation sites (tertiary alicyclic amines) is 1. The lowest BCUT2D eigenvalue weighted by Gasteiger charge is -2.60. The third kappa shape index (κ3) is 1.54. The van der Waals surface area contributed by atoms with Crippen molar-refractivity contribution in [3.8, 4) is 5.75 Å². The molecule has 2 bridgehead atoms. The number of nitrogens with zero attached hydrogens (tertiary/aromatic N) is 1. The lowest BCUT2D eigenvalue weighted by Crippen LogP contribution is -2.70. The maximum absolute atomic E-state index is 12.7. The van der Waals surface area contributed by atoms with Gasteiger partial charge in [-0.2, -0.15) is 0 Å². The predicted molar refractivity (Wildman–Crippen MR) is 75.8 cm³/mol. The quantitative estimate of drug-likeness (QED) is 0.722. The van der Waals surface area contributed by atoms with Crippen LogP contribution >= 0.6 is 0 Å². The van der Waals surface area contributed by atoms with Crippen LogP contribution in [0.3, 0.4) is 0 Å². The Balaban J connectivity index is 1.96. The van der Waals surface area contributed by atoms with Crippen LogP contribution < -0.4 is 9.84 Å². The third-order valence-corrected chi connectivity index (χ3v) is 5.66. The van der Waals surface area contributed by atoms with Crippen molar-refractivity contribution in [2.45, 2.75) is 37.3 Å². The van der Waals surface area contributed by atoms with Crippen LogP contribution in [0.4, 0.5) is 0 Å². The van der Waals surface area contributed by atoms with Gasteiger partial charge in [0.15, 0.2) is 5.72 Å². The van der Waals surface area contributed by atoms with Gasteiger partial charge in [-0.05, 0) is 24.5 Å². The van der Waals surface area contributed by atoms with Gasteiger partial charge in [0.1, 0.15) is 5.75 Å². The fourth-order valence-corrected chi connectivity index (χ4v) is 4.69. The SMILES string of the molecule is CN1C(=O)[C@H](C(=O)[O-])[C@@H]2c3ccccc3O[C@]13CCCC[C@H]23. The average molecular weight is 300 g/mol. The lowest BCUT2D eigenvalue weighted by atomic mass is 9.61. The molecule has 0 radical (unpaired) electrons. The summed E-state index contributed by atoms with van der Waals surface area (Å²) in [5, 5.41) is 11.7. The van der Waals surface area contributed by atoms with E-state index in [1.807, 2.05) is 24.3 Å². The van der Waals surface area contributed by atoms with Gasteiger partial charge < -0.3 is 19.5 Å². The highest BCUT2D eigenvalue weighted by atomic mass is 16.5. The van der Waals surface area contributed by atoms with E-state index in [1.54, 1.807) is 7.05 Å². The topological polar surface area (TPSA) is 69.7 Å². The predicted octanol–water partition coefficient (Wildman–Crippen LogP) is 0.887. The molecule has 4 atom stereocenters. The Morgan fingerprint density at radius 3 is 2.91 bits per heavy atom. The van der Waals surface area contributed by atoms with Gasteiger partial charge in [0.25, 0.3) is 0 Å². The normalized spacial score (nSPS) is 36.1. The van der Waals surface area contributed by atoms with Crippen LogP contribution in [0.25, 0.3) is 0 Å². The summed E-state index contributed by atoms with van der Waals surface area (Å²) in [5.74, 6) is -2.42. The minimum Gasteiger partial charge on any atom is -0.549 e. The Labute approximate surface area is 128 Å². The first-order valence-corrected chi connectivity index (χ1v) is 7.83. The summed E-state index contributed by atoms with van der Waals surface area (Å²) < 4.78 is 6.30. The van der Waals surface area contributed by atoms with Gasteiger partial charge in [0.2, 0.25) is 5.91 Å². The van der Waals surface area contributed by atoms with Crippen molar-refractivity contribution in [1.29, 1.82) is 0 Å². The zero-order valence-corrected chi connectivity index (χ0v) is 12.5. The number of amides is 1. The summed E-state index contributed by atoms with van der Waals surface area (Å²) in [6.45, 7) is 0. The van der Waals surface area contributed by atoms with Crippen LogP contribution in [0.5, 0.6) is 5.75 Å². The monoisotopic (exact) mass is 300 g/mol. The number of hydrogen-bond donors (Lipinski definition) is 0. The van der Waals surface area contributed by atoms with Gasteiger partial charge in [0, 0.05) is 25.3 Å². The first-order valence-electron chi connectivity index (χ1n) is 7.83. The largest absolute Gasteiger partial charge is 0.549 e. The molecule has 0 aromatic heterocycles. The number of ether oxygens (including phenoxy) is 1. The molecule has 0 unspecified atom stereocenters. The molecule has 5 nitrogen and oxygen atoms in total. The van der Waals surface area contributed by atoms with Gasteiger partial charge in [-0.3, -0.25) is 4.79 Å². The number of carbonyl (C=O) groups is 2. The van der Waals surface area contributed by atoms with Crippen molar-refractivity contribution >= 4 is 11.9 Å². The number of aliphatic carboxylic acids is 1. The van der Waals surface area contributed by atoms with Crippen LogP contribution in [-0.4, -0.2) is 29.5 Å². The van der Waals surface area contributed by atoms with E-state index in [0.29, 0.717) is 5.75 Å². The van der Waals surface area contributed by atoms with Gasteiger partial charge in [-0.1, -0.05) is 24.6 Å². The second-order valence-electron chi connectivity index (χ2n) is 6.56. The number of hydrogen-bond acceptors (Lipinski definition) is 4. The number of benzene rings is 1. The summed E-state index contributed by atoms with van der Waals surface area (Å²) in [6.07, 6.45) is 3.65. The molecule has 1 saturated heterocycles. The number of carbonyl (C=O) groups excluding carboxylic acids is 2. The summed E-state index contributed by atoms with van der Waals surface area (Å²) in [4.78, 5) is 25.9. The number of rotatable bonds is 1. The molecule has 22 heavy (non-hydrogen) atoms. The molecule has 4 rings (SSSR count). The standard InChI is InChI=1S/C17H19NO4/c1-18-15(19)14(16(20)21)13-10-6-2-3-8-12(10)22-17(18)9-5-4-7-11(13)17/h2-3,6,8,11,13-14H,4-5,7,9H2,1H3,(H,20,21)/p-1/t11-,13-,14-,17+/m1/s1. The highest BCUT2D eigenvalue weighted by Gasteiger charge is 2.62. The Hall–Kier alpha value is -2.04. The molecular formula is C17H18NO4-. The maximum atomic E-state index is 12.7. The van der Waals surface area contributed by atoms with Crippen LogP contribution in [0.1, 0.15) is 37.2 Å². The Kier molecular flexibility index (Phi) is 2.77. The molecule has 3 aliphatic rings. The summed E-state index contributed by atoms with van der Waals surface area (Å²) in [7, 11) is 1.67. The first-order chi connectivity index (χ1) is 10.6. The van der Waals surface area contributed by atoms with E-state index in [-0.39, 0.29) is 11.8 Å². The zero-order valence-electron chi connectivity index (χ0n) is 12.5. The van der Waals surface area contributed by atoms with Crippen LogP contribution in [0.2, 0.25) is 0 Å². The van der Waals surface area contributed by atoms with E-state index in [2.05, 4.69) is 0 Å². The molecule has 1 aromatic carbocycles. The lowest BCUT2D eigenvalue weighted by molar-refractivity contribution is -0.315. The summed E-state index contributed by atoms with van der Waals surface area (Å²) >= 11 is 0. The van der Waals surface area contributed by atoms with Crippen molar-refractivity contribution in [2.24, 2.45) is 11.8 Å². The van der Waals surface area contributed by atoms with E-state index < -0.39 is 23.5 Å². The zero-order chi connectivity index (χ0) is 15.5. The molecule has 1 saturated carbocycles. The van der Waals surface area contributed by atoms with E-state index >= 15 is 0 Å². The number of para-hydroxylation sites is 1. The minimum atomic E-state index is -1.28. The molecule has 0 N–H and O–H groups in total. The second-order valence-corrected chi connectivity index (χ2v) is 6.56. The van der Waals surface area contributed by atoms with Gasteiger partial charge >= 0.3 is 0 Å². The van der Waals surface area contributed by atoms with Crippen molar-refractivity contribution in [3.05, 3.63) is 29.8 Å². The van der Waals surface area contributed by atoms with Crippen molar-refractivity contribution < 1.29 is 19.4 Å². The number of piperidine rings is 1. The Morgan fingerprint density at radius 2 is 2.14 bits per heavy atom. The van der Waals surface area contributed by atoms with Crippen molar-refractivity contribution in [3.63, 3.8) is 0 Å². The number of carboxylic acid groups (broad SMARTS) is 1. The van der Waals surface area contributed by atoms with Crippen LogP contribution in [0, 0.1) is 11.8 Å². The molecule has 116 valence electrons. The molecule has 1 aliphatic carbocycles. The second kappa shape index (κ2) is 4.48. The Bertz CT molecular complexity index is 658. The van der Waals surface area contributed by atoms with Crippen LogP contribution in [-0.2, 0) is 9.59 Å². The highest BCUT2D eigenvalue weighted by molar-refractivity contribution is 5.98. The Morgan fingerprint density at radius 1 is 1.36 bits per heavy atom. The molecule has 2 heterocycles. The van der Waals surface area contributed by atoms with E-state index in [1.165, 1.54) is 4.90 Å². The van der Waals surface area contributed by atoms with Gasteiger partial charge in [-0.25, -0.2) is 0 Å². The number of fused-ring (bicyclic) bond motifs is 2. The van der Waals surface area contributed by atoms with E-state index in [4.69, 9.17) is 4.74 Å². The first kappa shape index (κ1) is 13.6. The van der Waals surface area contributed by atoms with E-state index in [0.717, 1.165) is 31.2 Å². The molecule has 1 amide bonds. The molecule has 2 aliphatic heterocycles. The molecule has 0 spiro atoms. The maximum Gasteiger partial charge on any atom is 0.234 e. The van der Waals surface area contributed by atoms with Crippen molar-refractivity contribution in [1.82, 2.24) is 4.90 Å². The molecule has 5 heteroatoms. The highest BCUT2D eigenvalue weighted by Crippen LogP contribution is 2.57. The molecular weight excluding hydrogens is 282 g/mol. The molecule has 2 fully saturated rings. The average Bonchev–Trinajstić information content (AvgIpc) is 2.52. The number of carboxylic acids is 1. The van der Waals surface area contributed by atoms with Gasteiger partial charge in [-0.15, -0.1) is 0 Å². The third-order valence-electron chi connectivity index (χ3n) is 5.66. The fourth-order valence-electron chi connectivity index (χ4n) is 4.69.